The third-order valence-electron chi connectivity index (χ3n) is 4.99. The molecular formula is C22H31N7O3. The van der Waals surface area contributed by atoms with E-state index in [1.54, 1.807) is 22.9 Å². The van der Waals surface area contributed by atoms with Crippen LogP contribution in [0.5, 0.6) is 5.75 Å². The molecule has 0 spiro atoms. The van der Waals surface area contributed by atoms with E-state index in [0.717, 1.165) is 12.1 Å². The number of hydrogen-bond donors (Lipinski definition) is 2. The lowest BCUT2D eigenvalue weighted by Gasteiger charge is -2.15. The van der Waals surface area contributed by atoms with Crippen LogP contribution in [0.25, 0.3) is 11.0 Å². The summed E-state index contributed by atoms with van der Waals surface area (Å²) in [5.41, 5.74) is 8.30. The number of aryl methyl sites for hydroxylation is 3. The van der Waals surface area contributed by atoms with Crippen molar-refractivity contribution in [2.45, 2.75) is 40.3 Å². The van der Waals surface area contributed by atoms with Crippen LogP contribution < -0.4 is 15.8 Å². The average Bonchev–Trinajstić information content (AvgIpc) is 3.28. The van der Waals surface area contributed by atoms with Gasteiger partial charge in [-0.15, -0.1) is 0 Å². The van der Waals surface area contributed by atoms with Crippen molar-refractivity contribution in [3.63, 3.8) is 0 Å². The minimum atomic E-state index is -0.567. The number of hydrogen-bond acceptors (Lipinski definition) is 6. The molecule has 2 heterocycles. The highest BCUT2D eigenvalue weighted by Crippen LogP contribution is 2.31. The highest BCUT2D eigenvalue weighted by atomic mass is 16.5. The topological polar surface area (TPSA) is 120 Å². The maximum absolute atomic E-state index is 13.0. The maximum Gasteiger partial charge on any atom is 0.276 e. The zero-order valence-corrected chi connectivity index (χ0v) is 19.3. The number of fused-ring (bicyclic) bond motifs is 1. The van der Waals surface area contributed by atoms with Crippen LogP contribution in [-0.2, 0) is 13.1 Å². The van der Waals surface area contributed by atoms with Crippen LogP contribution in [0.2, 0.25) is 0 Å². The second kappa shape index (κ2) is 9.82. The number of nitrogens with zero attached hydrogens (tertiary/aromatic N) is 5. The molecule has 0 saturated heterocycles. The predicted molar refractivity (Wildman–Crippen MR) is 123 cm³/mol. The summed E-state index contributed by atoms with van der Waals surface area (Å²) < 4.78 is 9.57. The number of carbonyl (C=O) groups excluding carboxylic acids is 2. The number of carbonyl (C=O) groups is 2. The standard InChI is InChI=1S/C22H31N7O3/c1-6-8-28-19-16(12-15(20(23)30)13-18(19)32-10-9-27(4)5)24-22(28)25-21(31)17-11-14(3)26-29(17)7-2/h11-13H,6-10H2,1-5H3,(H2,23,30)(H,24,25,31). The lowest BCUT2D eigenvalue weighted by molar-refractivity contribution is 0.0995. The Hall–Kier alpha value is -3.40. The smallest absolute Gasteiger partial charge is 0.276 e. The first-order valence-electron chi connectivity index (χ1n) is 10.7. The average molecular weight is 442 g/mol. The van der Waals surface area contributed by atoms with Crippen molar-refractivity contribution in [3.05, 3.63) is 35.2 Å². The molecule has 0 fully saturated rings. The Balaban J connectivity index is 2.06. The number of nitrogens with one attached hydrogen (secondary N) is 1. The molecule has 0 atom stereocenters. The van der Waals surface area contributed by atoms with Crippen molar-refractivity contribution >= 4 is 28.8 Å². The molecule has 10 heteroatoms. The number of benzene rings is 1. The van der Waals surface area contributed by atoms with E-state index in [1.165, 1.54) is 0 Å². The van der Waals surface area contributed by atoms with Crippen LogP contribution in [0.15, 0.2) is 18.2 Å². The Labute approximate surface area is 187 Å². The van der Waals surface area contributed by atoms with E-state index in [0.29, 0.717) is 60.2 Å². The summed E-state index contributed by atoms with van der Waals surface area (Å²) in [6, 6.07) is 5.00. The number of aromatic nitrogens is 4. The van der Waals surface area contributed by atoms with Gasteiger partial charge in [-0.25, -0.2) is 4.98 Å². The summed E-state index contributed by atoms with van der Waals surface area (Å²) in [6.45, 7) is 8.13. The number of imidazole rings is 1. The lowest BCUT2D eigenvalue weighted by Crippen LogP contribution is -2.20. The maximum atomic E-state index is 13.0. The summed E-state index contributed by atoms with van der Waals surface area (Å²) in [5, 5.41) is 7.25. The van der Waals surface area contributed by atoms with Crippen molar-refractivity contribution in [1.29, 1.82) is 0 Å². The highest BCUT2D eigenvalue weighted by molar-refractivity contribution is 6.04. The number of rotatable bonds is 10. The molecule has 32 heavy (non-hydrogen) atoms. The van der Waals surface area contributed by atoms with Gasteiger partial charge in [0.05, 0.1) is 11.2 Å². The van der Waals surface area contributed by atoms with E-state index < -0.39 is 5.91 Å². The van der Waals surface area contributed by atoms with Gasteiger partial charge in [-0.05, 0) is 52.6 Å². The summed E-state index contributed by atoms with van der Waals surface area (Å²) in [4.78, 5) is 31.5. The third kappa shape index (κ3) is 4.91. The number of likely N-dealkylation sites (N-methyl/N-ethyl adjacent to an activating group) is 1. The van der Waals surface area contributed by atoms with E-state index in [9.17, 15) is 9.59 Å². The zero-order chi connectivity index (χ0) is 23.4. The van der Waals surface area contributed by atoms with E-state index in [-0.39, 0.29) is 5.91 Å². The van der Waals surface area contributed by atoms with E-state index in [1.807, 2.05) is 44.3 Å². The van der Waals surface area contributed by atoms with Crippen LogP contribution >= 0.6 is 0 Å². The Morgan fingerprint density at radius 1 is 1.22 bits per heavy atom. The molecule has 0 unspecified atom stereocenters. The Bertz CT molecular complexity index is 1130. The van der Waals surface area contributed by atoms with Crippen molar-refractivity contribution < 1.29 is 14.3 Å². The fourth-order valence-electron chi connectivity index (χ4n) is 3.49. The van der Waals surface area contributed by atoms with Crippen molar-refractivity contribution in [2.75, 3.05) is 32.6 Å². The molecule has 3 rings (SSSR count). The Morgan fingerprint density at radius 2 is 1.97 bits per heavy atom. The number of nitrogens with two attached hydrogens (primary N) is 1. The van der Waals surface area contributed by atoms with Gasteiger partial charge in [-0.3, -0.25) is 19.6 Å². The number of primary amides is 1. The largest absolute Gasteiger partial charge is 0.490 e. The molecule has 0 aliphatic rings. The van der Waals surface area contributed by atoms with Crippen LogP contribution in [0.1, 0.15) is 46.8 Å². The molecule has 0 saturated carbocycles. The van der Waals surface area contributed by atoms with Crippen LogP contribution in [0, 0.1) is 6.92 Å². The highest BCUT2D eigenvalue weighted by Gasteiger charge is 2.21. The Morgan fingerprint density at radius 3 is 2.59 bits per heavy atom. The monoisotopic (exact) mass is 441 g/mol. The number of anilines is 1. The summed E-state index contributed by atoms with van der Waals surface area (Å²) >= 11 is 0. The van der Waals surface area contributed by atoms with Gasteiger partial charge in [0, 0.05) is 25.2 Å². The summed E-state index contributed by atoms with van der Waals surface area (Å²) in [5.74, 6) is 0.0223. The van der Waals surface area contributed by atoms with Gasteiger partial charge >= 0.3 is 0 Å². The molecule has 0 aliphatic carbocycles. The van der Waals surface area contributed by atoms with E-state index >= 15 is 0 Å². The molecule has 0 aliphatic heterocycles. The molecule has 1 aromatic carbocycles. The molecule has 2 amide bonds. The van der Waals surface area contributed by atoms with Gasteiger partial charge in [0.15, 0.2) is 0 Å². The second-order valence-electron chi connectivity index (χ2n) is 7.89. The second-order valence-corrected chi connectivity index (χ2v) is 7.89. The molecule has 10 nitrogen and oxygen atoms in total. The quantitative estimate of drug-likeness (QED) is 0.498. The molecule has 3 aromatic rings. The van der Waals surface area contributed by atoms with Gasteiger partial charge in [0.2, 0.25) is 11.9 Å². The molecule has 0 radical (unpaired) electrons. The fourth-order valence-corrected chi connectivity index (χ4v) is 3.49. The van der Waals surface area contributed by atoms with Gasteiger partial charge in [-0.1, -0.05) is 6.92 Å². The fraction of sp³-hybridized carbons (Fsp3) is 0.455. The third-order valence-corrected chi connectivity index (χ3v) is 4.99. The molecule has 3 N–H and O–H groups in total. The van der Waals surface area contributed by atoms with Crippen molar-refractivity contribution in [3.8, 4) is 5.75 Å². The van der Waals surface area contributed by atoms with Crippen molar-refractivity contribution in [2.24, 2.45) is 5.73 Å². The van der Waals surface area contributed by atoms with Crippen LogP contribution in [0.4, 0.5) is 5.95 Å². The normalized spacial score (nSPS) is 11.3. The number of ether oxygens (including phenoxy) is 1. The SMILES string of the molecule is CCCn1c(NC(=O)c2cc(C)nn2CC)nc2cc(C(N)=O)cc(OCCN(C)C)c21. The van der Waals surface area contributed by atoms with Gasteiger partial charge in [-0.2, -0.15) is 5.10 Å². The van der Waals surface area contributed by atoms with Gasteiger partial charge < -0.3 is 19.9 Å². The molecule has 0 bridgehead atoms. The molecule has 172 valence electrons. The first kappa shape index (κ1) is 23.3. The van der Waals surface area contributed by atoms with Gasteiger partial charge in [0.1, 0.15) is 23.6 Å². The summed E-state index contributed by atoms with van der Waals surface area (Å²) in [7, 11) is 3.91. The molecular weight excluding hydrogens is 410 g/mol. The van der Waals surface area contributed by atoms with E-state index in [4.69, 9.17) is 10.5 Å². The lowest BCUT2D eigenvalue weighted by atomic mass is 10.1. The summed E-state index contributed by atoms with van der Waals surface area (Å²) in [6.07, 6.45) is 0.815. The minimum absolute atomic E-state index is 0.301. The van der Waals surface area contributed by atoms with Crippen LogP contribution in [-0.4, -0.2) is 63.3 Å². The first-order valence-corrected chi connectivity index (χ1v) is 10.7. The van der Waals surface area contributed by atoms with Crippen molar-refractivity contribution in [1.82, 2.24) is 24.2 Å². The minimum Gasteiger partial charge on any atom is -0.490 e. The zero-order valence-electron chi connectivity index (χ0n) is 19.3. The van der Waals surface area contributed by atoms with Gasteiger partial charge in [0.25, 0.3) is 5.91 Å². The van der Waals surface area contributed by atoms with Crippen LogP contribution in [0.3, 0.4) is 0 Å². The predicted octanol–water partition coefficient (Wildman–Crippen LogP) is 2.26. The van der Waals surface area contributed by atoms with E-state index in [2.05, 4.69) is 15.4 Å². The molecule has 2 aromatic heterocycles. The number of amides is 2. The Kier molecular flexibility index (Phi) is 7.14. The first-order chi connectivity index (χ1) is 15.2.